The number of hydrogen-bond donors (Lipinski definition) is 0. The lowest BCUT2D eigenvalue weighted by atomic mass is 10.8. The number of halogens is 5. The SMILES string of the molecule is FC(I)C(F)(F)Cl. The van der Waals surface area contributed by atoms with Crippen LogP contribution in [0.5, 0.6) is 0 Å². The predicted molar refractivity (Wildman–Crippen MR) is 29.7 cm³/mol. The zero-order valence-electron chi connectivity index (χ0n) is 2.97. The van der Waals surface area contributed by atoms with E-state index in [2.05, 4.69) is 11.6 Å². The third kappa shape index (κ3) is 3.40. The van der Waals surface area contributed by atoms with E-state index in [1.165, 1.54) is 0 Å². The van der Waals surface area contributed by atoms with Crippen molar-refractivity contribution in [2.45, 2.75) is 9.56 Å². The summed E-state index contributed by atoms with van der Waals surface area (Å²) in [6.07, 6.45) is 0. The molecule has 1 unspecified atom stereocenters. The monoisotopic (exact) mass is 244 g/mol. The van der Waals surface area contributed by atoms with Gasteiger partial charge in [0, 0.05) is 0 Å². The average Bonchev–Trinajstić information content (AvgIpc) is 1.31. The highest BCUT2D eigenvalue weighted by atomic mass is 127. The molecule has 7 heavy (non-hydrogen) atoms. The summed E-state index contributed by atoms with van der Waals surface area (Å²) < 4.78 is 31.5. The highest BCUT2D eigenvalue weighted by Crippen LogP contribution is 2.29. The van der Waals surface area contributed by atoms with Crippen molar-refractivity contribution in [3.8, 4) is 0 Å². The molecule has 0 saturated heterocycles. The summed E-state index contributed by atoms with van der Waals surface area (Å²) in [7, 11) is 0. The van der Waals surface area contributed by atoms with E-state index in [9.17, 15) is 13.2 Å². The van der Waals surface area contributed by atoms with Crippen LogP contribution in [0.2, 0.25) is 0 Å². The third-order valence-corrected chi connectivity index (χ3v) is 1.59. The van der Waals surface area contributed by atoms with Gasteiger partial charge in [-0.1, -0.05) is 0 Å². The molecule has 5 heteroatoms. The van der Waals surface area contributed by atoms with E-state index in [-0.39, 0.29) is 0 Å². The van der Waals surface area contributed by atoms with Crippen LogP contribution in [0.1, 0.15) is 0 Å². The molecule has 0 amide bonds. The van der Waals surface area contributed by atoms with Crippen LogP contribution in [0.25, 0.3) is 0 Å². The topological polar surface area (TPSA) is 0 Å². The molecular weight excluding hydrogens is 243 g/mol. The highest BCUT2D eigenvalue weighted by molar-refractivity contribution is 14.1. The number of hydrogen-bond acceptors (Lipinski definition) is 0. The summed E-state index contributed by atoms with van der Waals surface area (Å²) in [6, 6.07) is 0. The maximum atomic E-state index is 11.3. The molecule has 0 rings (SSSR count). The van der Waals surface area contributed by atoms with Gasteiger partial charge in [-0.15, -0.1) is 0 Å². The van der Waals surface area contributed by atoms with Gasteiger partial charge in [0.2, 0.25) is 4.18 Å². The standard InChI is InChI=1S/C2HClF3I/c3-2(5,6)1(4)7/h1H. The zero-order valence-corrected chi connectivity index (χ0v) is 5.88. The minimum atomic E-state index is -3.71. The lowest BCUT2D eigenvalue weighted by Gasteiger charge is -2.04. The van der Waals surface area contributed by atoms with E-state index in [0.29, 0.717) is 0 Å². The molecular formula is C2HClF3I. The first-order valence-electron chi connectivity index (χ1n) is 1.29. The number of alkyl halides is 5. The second kappa shape index (κ2) is 2.39. The summed E-state index contributed by atoms with van der Waals surface area (Å²) in [4.78, 5) is 0. The quantitative estimate of drug-likeness (QED) is 0.491. The predicted octanol–water partition coefficient (Wildman–Crippen LogP) is 2.55. The van der Waals surface area contributed by atoms with Gasteiger partial charge in [0.15, 0.2) is 0 Å². The van der Waals surface area contributed by atoms with Crippen LogP contribution in [-0.4, -0.2) is 9.56 Å². The average molecular weight is 244 g/mol. The number of rotatable bonds is 1. The molecule has 0 radical (unpaired) electrons. The second-order valence-electron chi connectivity index (χ2n) is 0.842. The van der Waals surface area contributed by atoms with Crippen LogP contribution in [0.15, 0.2) is 0 Å². The molecule has 0 aromatic carbocycles. The fraction of sp³-hybridized carbons (Fsp3) is 1.00. The maximum absolute atomic E-state index is 11.3. The summed E-state index contributed by atoms with van der Waals surface area (Å²) in [6.45, 7) is 0. The van der Waals surface area contributed by atoms with Crippen molar-refractivity contribution in [2.24, 2.45) is 0 Å². The molecule has 44 valence electrons. The molecule has 0 aliphatic rings. The van der Waals surface area contributed by atoms with Crippen LogP contribution in [0.3, 0.4) is 0 Å². The Morgan fingerprint density at radius 3 is 1.71 bits per heavy atom. The maximum Gasteiger partial charge on any atom is 0.361 e. The molecule has 1 atom stereocenters. The minimum Gasteiger partial charge on any atom is -0.228 e. The van der Waals surface area contributed by atoms with E-state index >= 15 is 0 Å². The summed E-state index contributed by atoms with van der Waals surface area (Å²) in [5.74, 6) is 0. The van der Waals surface area contributed by atoms with Gasteiger partial charge in [-0.05, 0) is 34.2 Å². The fourth-order valence-electron chi connectivity index (χ4n) is 0. The van der Waals surface area contributed by atoms with Crippen molar-refractivity contribution < 1.29 is 13.2 Å². The Morgan fingerprint density at radius 2 is 1.71 bits per heavy atom. The lowest BCUT2D eigenvalue weighted by molar-refractivity contribution is 0.0560. The molecule has 0 bridgehead atoms. The van der Waals surface area contributed by atoms with E-state index < -0.39 is 9.56 Å². The van der Waals surface area contributed by atoms with Gasteiger partial charge in [0.25, 0.3) is 0 Å². The second-order valence-corrected chi connectivity index (χ2v) is 2.44. The fourth-order valence-corrected chi connectivity index (χ4v) is 0. The Balaban J connectivity index is 3.54. The summed E-state index contributed by atoms with van der Waals surface area (Å²) >= 11 is 5.05. The normalized spacial score (nSPS) is 16.7. The molecule has 0 spiro atoms. The van der Waals surface area contributed by atoms with Gasteiger partial charge in [0.05, 0.1) is 0 Å². The first-order chi connectivity index (χ1) is 2.94. The van der Waals surface area contributed by atoms with Crippen LogP contribution >= 0.6 is 34.2 Å². The molecule has 0 nitrogen and oxygen atoms in total. The van der Waals surface area contributed by atoms with Gasteiger partial charge in [-0.2, -0.15) is 8.78 Å². The molecule has 0 aromatic heterocycles. The van der Waals surface area contributed by atoms with Crippen LogP contribution in [0.4, 0.5) is 13.2 Å². The molecule has 0 aliphatic heterocycles. The molecule has 0 N–H and O–H groups in total. The van der Waals surface area contributed by atoms with Crippen molar-refractivity contribution in [3.05, 3.63) is 0 Å². The van der Waals surface area contributed by atoms with Crippen molar-refractivity contribution in [1.82, 2.24) is 0 Å². The first kappa shape index (κ1) is 7.81. The Labute approximate surface area is 57.2 Å². The third-order valence-electron chi connectivity index (χ3n) is 0.247. The molecule has 0 saturated carbocycles. The van der Waals surface area contributed by atoms with Crippen molar-refractivity contribution in [1.29, 1.82) is 0 Å². The lowest BCUT2D eigenvalue weighted by Crippen LogP contribution is -2.15. The molecule has 0 fully saturated rings. The van der Waals surface area contributed by atoms with E-state index in [1.54, 1.807) is 0 Å². The van der Waals surface area contributed by atoms with Crippen molar-refractivity contribution >= 4 is 34.2 Å². The summed E-state index contributed by atoms with van der Waals surface area (Å²) in [5, 5.41) is -3.71. The van der Waals surface area contributed by atoms with E-state index in [4.69, 9.17) is 0 Å². The Bertz CT molecular complexity index is 58.4. The van der Waals surface area contributed by atoms with Gasteiger partial charge in [-0.3, -0.25) is 0 Å². The van der Waals surface area contributed by atoms with Crippen LogP contribution in [0, 0.1) is 0 Å². The van der Waals surface area contributed by atoms with Gasteiger partial charge < -0.3 is 0 Å². The highest BCUT2D eigenvalue weighted by Gasteiger charge is 2.34. The van der Waals surface area contributed by atoms with Crippen LogP contribution < -0.4 is 0 Å². The van der Waals surface area contributed by atoms with Crippen LogP contribution in [-0.2, 0) is 0 Å². The zero-order chi connectivity index (χ0) is 6.08. The van der Waals surface area contributed by atoms with E-state index in [0.717, 1.165) is 22.6 Å². The van der Waals surface area contributed by atoms with Gasteiger partial charge in [0.1, 0.15) is 0 Å². The van der Waals surface area contributed by atoms with Crippen molar-refractivity contribution in [3.63, 3.8) is 0 Å². The molecule has 0 heterocycles. The summed E-state index contributed by atoms with van der Waals surface area (Å²) in [5.41, 5.74) is 0. The van der Waals surface area contributed by atoms with Gasteiger partial charge >= 0.3 is 5.38 Å². The smallest absolute Gasteiger partial charge is 0.228 e. The molecule has 0 aromatic rings. The first-order valence-corrected chi connectivity index (χ1v) is 2.92. The van der Waals surface area contributed by atoms with Gasteiger partial charge in [-0.25, -0.2) is 4.39 Å². The largest absolute Gasteiger partial charge is 0.361 e. The minimum absolute atomic E-state index is 0.901. The van der Waals surface area contributed by atoms with Crippen molar-refractivity contribution in [2.75, 3.05) is 0 Å². The Kier molecular flexibility index (Phi) is 2.67. The molecule has 0 aliphatic carbocycles. The van der Waals surface area contributed by atoms with E-state index in [1.807, 2.05) is 0 Å². The Morgan fingerprint density at radius 1 is 1.57 bits per heavy atom. The Hall–Kier alpha value is 0.810.